The number of nitrogens with zero attached hydrogens (tertiary/aromatic N) is 3. The molecule has 1 aromatic heterocycles. The molecule has 0 saturated heterocycles. The second kappa shape index (κ2) is 4.99. The maximum Gasteiger partial charge on any atom is 0.274 e. The van der Waals surface area contributed by atoms with Crippen LogP contribution in [0.25, 0.3) is 5.69 Å². The van der Waals surface area contributed by atoms with Crippen LogP contribution in [0.4, 0.5) is 0 Å². The zero-order chi connectivity index (χ0) is 14.2. The van der Waals surface area contributed by atoms with E-state index in [9.17, 15) is 8.42 Å². The van der Waals surface area contributed by atoms with E-state index in [2.05, 4.69) is 10.2 Å². The first-order chi connectivity index (χ1) is 9.57. The second-order valence-electron chi connectivity index (χ2n) is 5.04. The molecule has 20 heavy (non-hydrogen) atoms. The molecule has 0 bridgehead atoms. The van der Waals surface area contributed by atoms with Crippen LogP contribution < -0.4 is 5.14 Å². The lowest BCUT2D eigenvalue weighted by Gasteiger charge is -2.13. The predicted octanol–water partition coefficient (Wildman–Crippen LogP) is 1.57. The van der Waals surface area contributed by atoms with Crippen molar-refractivity contribution >= 4 is 10.0 Å². The van der Waals surface area contributed by atoms with Crippen molar-refractivity contribution in [2.75, 3.05) is 0 Å². The molecule has 1 aromatic carbocycles. The average Bonchev–Trinajstić information content (AvgIpc) is 3.07. The van der Waals surface area contributed by atoms with E-state index in [1.54, 1.807) is 4.57 Å². The lowest BCUT2D eigenvalue weighted by molar-refractivity contribution is 0.581. The van der Waals surface area contributed by atoms with E-state index in [1.165, 1.54) is 0 Å². The molecule has 106 valence electrons. The standard InChI is InChI=1S/C13H16N4O2S/c14-20(18,19)13-16-15-12(10-6-4-5-7-10)17(13)11-8-2-1-3-9-11/h1-3,8-10H,4-7H2,(H2,14,18,19). The highest BCUT2D eigenvalue weighted by molar-refractivity contribution is 7.89. The van der Waals surface area contributed by atoms with Crippen LogP contribution in [0.5, 0.6) is 0 Å². The van der Waals surface area contributed by atoms with E-state index < -0.39 is 10.0 Å². The van der Waals surface area contributed by atoms with Gasteiger partial charge in [0.1, 0.15) is 5.82 Å². The molecule has 0 aliphatic heterocycles. The van der Waals surface area contributed by atoms with Crippen LogP contribution in [0.1, 0.15) is 37.4 Å². The van der Waals surface area contributed by atoms with Crippen molar-refractivity contribution in [1.29, 1.82) is 0 Å². The van der Waals surface area contributed by atoms with Gasteiger partial charge in [0.2, 0.25) is 0 Å². The maximum atomic E-state index is 11.7. The van der Waals surface area contributed by atoms with E-state index in [0.717, 1.165) is 31.4 Å². The normalized spacial score (nSPS) is 16.6. The van der Waals surface area contributed by atoms with Crippen molar-refractivity contribution in [2.24, 2.45) is 5.14 Å². The Labute approximate surface area is 117 Å². The van der Waals surface area contributed by atoms with Crippen LogP contribution in [0.15, 0.2) is 35.5 Å². The summed E-state index contributed by atoms with van der Waals surface area (Å²) < 4.78 is 25.0. The molecule has 1 saturated carbocycles. The van der Waals surface area contributed by atoms with E-state index in [1.807, 2.05) is 30.3 Å². The summed E-state index contributed by atoms with van der Waals surface area (Å²) in [6.45, 7) is 0. The smallest absolute Gasteiger partial charge is 0.268 e. The quantitative estimate of drug-likeness (QED) is 0.929. The fourth-order valence-corrected chi connectivity index (χ4v) is 3.34. The Hall–Kier alpha value is -1.73. The average molecular weight is 292 g/mol. The number of primary sulfonamides is 1. The van der Waals surface area contributed by atoms with Gasteiger partial charge >= 0.3 is 0 Å². The summed E-state index contributed by atoms with van der Waals surface area (Å²) in [6, 6.07) is 9.23. The molecular formula is C13H16N4O2S. The van der Waals surface area contributed by atoms with Gasteiger partial charge in [0.15, 0.2) is 0 Å². The van der Waals surface area contributed by atoms with Crippen molar-refractivity contribution in [1.82, 2.24) is 14.8 Å². The fraction of sp³-hybridized carbons (Fsp3) is 0.385. The van der Waals surface area contributed by atoms with E-state index >= 15 is 0 Å². The van der Waals surface area contributed by atoms with Gasteiger partial charge in [-0.25, -0.2) is 13.6 Å². The third kappa shape index (κ3) is 2.34. The highest BCUT2D eigenvalue weighted by atomic mass is 32.2. The number of hydrogen-bond donors (Lipinski definition) is 1. The minimum atomic E-state index is -3.90. The van der Waals surface area contributed by atoms with Crippen LogP contribution >= 0.6 is 0 Å². The van der Waals surface area contributed by atoms with Crippen molar-refractivity contribution in [2.45, 2.75) is 36.8 Å². The van der Waals surface area contributed by atoms with Crippen molar-refractivity contribution in [3.05, 3.63) is 36.2 Å². The minimum absolute atomic E-state index is 0.189. The first-order valence-electron chi connectivity index (χ1n) is 6.61. The Morgan fingerprint density at radius 2 is 1.75 bits per heavy atom. The van der Waals surface area contributed by atoms with Crippen LogP contribution in [0, 0.1) is 0 Å². The summed E-state index contributed by atoms with van der Waals surface area (Å²) in [7, 11) is -3.90. The van der Waals surface area contributed by atoms with Crippen LogP contribution in [-0.2, 0) is 10.0 Å². The van der Waals surface area contributed by atoms with Gasteiger partial charge in [-0.2, -0.15) is 0 Å². The molecule has 7 heteroatoms. The van der Waals surface area contributed by atoms with E-state index in [-0.39, 0.29) is 11.1 Å². The summed E-state index contributed by atoms with van der Waals surface area (Å²) >= 11 is 0. The molecular weight excluding hydrogens is 276 g/mol. The molecule has 1 aliphatic rings. The van der Waals surface area contributed by atoms with Crippen molar-refractivity contribution in [3.8, 4) is 5.69 Å². The Morgan fingerprint density at radius 1 is 1.10 bits per heavy atom. The molecule has 0 spiro atoms. The number of aromatic nitrogens is 3. The zero-order valence-electron chi connectivity index (χ0n) is 10.9. The van der Waals surface area contributed by atoms with Crippen molar-refractivity contribution < 1.29 is 8.42 Å². The summed E-state index contributed by atoms with van der Waals surface area (Å²) in [5.41, 5.74) is 0.725. The third-order valence-electron chi connectivity index (χ3n) is 3.65. The predicted molar refractivity (Wildman–Crippen MR) is 73.9 cm³/mol. The molecule has 2 aromatic rings. The SMILES string of the molecule is NS(=O)(=O)c1nnc(C2CCCC2)n1-c1ccccc1. The van der Waals surface area contributed by atoms with Gasteiger partial charge < -0.3 is 0 Å². The van der Waals surface area contributed by atoms with Gasteiger partial charge in [-0.15, -0.1) is 10.2 Å². The zero-order valence-corrected chi connectivity index (χ0v) is 11.8. The van der Waals surface area contributed by atoms with Gasteiger partial charge in [-0.1, -0.05) is 31.0 Å². The number of benzene rings is 1. The van der Waals surface area contributed by atoms with Crippen LogP contribution in [0.3, 0.4) is 0 Å². The molecule has 0 atom stereocenters. The molecule has 0 radical (unpaired) electrons. The molecule has 1 heterocycles. The first-order valence-corrected chi connectivity index (χ1v) is 8.15. The lowest BCUT2D eigenvalue weighted by atomic mass is 10.1. The Morgan fingerprint density at radius 3 is 2.35 bits per heavy atom. The van der Waals surface area contributed by atoms with Crippen LogP contribution in [0.2, 0.25) is 0 Å². The largest absolute Gasteiger partial charge is 0.274 e. The highest BCUT2D eigenvalue weighted by Gasteiger charge is 2.28. The third-order valence-corrected chi connectivity index (χ3v) is 4.42. The van der Waals surface area contributed by atoms with E-state index in [0.29, 0.717) is 5.82 Å². The molecule has 1 fully saturated rings. The summed E-state index contributed by atoms with van der Waals surface area (Å²) in [5.74, 6) is 0.941. The number of sulfonamides is 1. The fourth-order valence-electron chi connectivity index (χ4n) is 2.73. The van der Waals surface area contributed by atoms with E-state index in [4.69, 9.17) is 5.14 Å². The summed E-state index contributed by atoms with van der Waals surface area (Å²) in [5, 5.41) is 13.0. The topological polar surface area (TPSA) is 90.9 Å². The van der Waals surface area contributed by atoms with Gasteiger partial charge in [0, 0.05) is 11.6 Å². The van der Waals surface area contributed by atoms with Gasteiger partial charge in [-0.05, 0) is 25.0 Å². The van der Waals surface area contributed by atoms with Crippen molar-refractivity contribution in [3.63, 3.8) is 0 Å². The van der Waals surface area contributed by atoms with Gasteiger partial charge in [0.25, 0.3) is 15.2 Å². The molecule has 6 nitrogen and oxygen atoms in total. The number of nitrogens with two attached hydrogens (primary N) is 1. The molecule has 3 rings (SSSR count). The Bertz CT molecular complexity index is 703. The maximum absolute atomic E-state index is 11.7. The number of para-hydroxylation sites is 1. The molecule has 2 N–H and O–H groups in total. The first kappa shape index (κ1) is 13.3. The number of rotatable bonds is 3. The molecule has 0 amide bonds. The van der Waals surface area contributed by atoms with Gasteiger partial charge in [-0.3, -0.25) is 4.57 Å². The summed E-state index contributed by atoms with van der Waals surface area (Å²) in [4.78, 5) is 0. The monoisotopic (exact) mass is 292 g/mol. The Balaban J connectivity index is 2.19. The van der Waals surface area contributed by atoms with Crippen LogP contribution in [-0.4, -0.2) is 23.2 Å². The number of hydrogen-bond acceptors (Lipinski definition) is 4. The highest BCUT2D eigenvalue weighted by Crippen LogP contribution is 2.34. The molecule has 1 aliphatic carbocycles. The molecule has 0 unspecified atom stereocenters. The summed E-state index contributed by atoms with van der Waals surface area (Å²) in [6.07, 6.45) is 4.29. The van der Waals surface area contributed by atoms with Gasteiger partial charge in [0.05, 0.1) is 0 Å². The second-order valence-corrected chi connectivity index (χ2v) is 6.49. The minimum Gasteiger partial charge on any atom is -0.268 e. The Kier molecular flexibility index (Phi) is 3.31. The lowest BCUT2D eigenvalue weighted by Crippen LogP contribution is -2.19.